The van der Waals surface area contributed by atoms with E-state index in [1.807, 2.05) is 18.2 Å². The minimum atomic E-state index is -0.118. The fraction of sp³-hybridized carbons (Fsp3) is 0.304. The number of ketones is 1. The molecule has 29 heavy (non-hydrogen) atoms. The lowest BCUT2D eigenvalue weighted by molar-refractivity contribution is -0.130. The van der Waals surface area contributed by atoms with Crippen molar-refractivity contribution >= 4 is 23.5 Å². The molecule has 1 saturated heterocycles. The van der Waals surface area contributed by atoms with Crippen LogP contribution >= 0.6 is 0 Å². The monoisotopic (exact) mass is 394 g/mol. The zero-order chi connectivity index (χ0) is 20.6. The number of rotatable bonds is 7. The topological polar surface area (TPSA) is 59.1 Å². The molecule has 2 aromatic rings. The van der Waals surface area contributed by atoms with Crippen LogP contribution < -0.4 is 9.64 Å². The number of benzene rings is 2. The maximum absolute atomic E-state index is 12.4. The van der Waals surface area contributed by atoms with Crippen molar-refractivity contribution in [2.75, 3.05) is 51.9 Å². The minimum absolute atomic E-state index is 0.0271. The molecule has 0 aliphatic carbocycles. The van der Waals surface area contributed by atoms with Gasteiger partial charge in [0.25, 0.3) is 5.91 Å². The van der Waals surface area contributed by atoms with Crippen LogP contribution in [0.5, 0.6) is 5.75 Å². The van der Waals surface area contributed by atoms with Crippen LogP contribution in [0.4, 0.5) is 5.69 Å². The molecule has 152 valence electrons. The predicted molar refractivity (Wildman–Crippen MR) is 113 cm³/mol. The summed E-state index contributed by atoms with van der Waals surface area (Å²) in [4.78, 5) is 27.7. The largest absolute Gasteiger partial charge is 0.484 e. The van der Waals surface area contributed by atoms with E-state index in [9.17, 15) is 9.59 Å². The van der Waals surface area contributed by atoms with Crippen LogP contribution in [0.15, 0.2) is 54.6 Å². The first-order chi connectivity index (χ1) is 14.0. The van der Waals surface area contributed by atoms with Crippen molar-refractivity contribution in [3.63, 3.8) is 0 Å². The molecule has 3 rings (SSSR count). The van der Waals surface area contributed by atoms with Crippen LogP contribution in [0.3, 0.4) is 0 Å². The Labute approximate surface area is 171 Å². The van der Waals surface area contributed by atoms with Gasteiger partial charge in [0.05, 0.1) is 13.2 Å². The Morgan fingerprint density at radius 2 is 1.69 bits per heavy atom. The number of ether oxygens (including phenoxy) is 2. The van der Waals surface area contributed by atoms with E-state index in [2.05, 4.69) is 17.0 Å². The molecule has 1 aliphatic heterocycles. The molecule has 1 aliphatic rings. The highest BCUT2D eigenvalue weighted by molar-refractivity contribution is 6.06. The number of hydrogen-bond donors (Lipinski definition) is 0. The molecule has 0 atom stereocenters. The summed E-state index contributed by atoms with van der Waals surface area (Å²) < 4.78 is 10.8. The van der Waals surface area contributed by atoms with Gasteiger partial charge in [0.2, 0.25) is 0 Å². The second-order valence-corrected chi connectivity index (χ2v) is 6.99. The summed E-state index contributed by atoms with van der Waals surface area (Å²) in [6.45, 7) is 3.28. The summed E-state index contributed by atoms with van der Waals surface area (Å²) in [6, 6.07) is 14.9. The summed E-state index contributed by atoms with van der Waals surface area (Å²) in [7, 11) is 3.35. The molecule has 1 heterocycles. The standard InChI is InChI=1S/C23H26N2O4/c1-24(2)23(27)17-29-21-10-6-19(7-11-21)22(26)12-5-18-3-8-20(9-4-18)25-13-15-28-16-14-25/h3-12H,13-17H2,1-2H3. The summed E-state index contributed by atoms with van der Waals surface area (Å²) in [6.07, 6.45) is 3.38. The quantitative estimate of drug-likeness (QED) is 0.534. The van der Waals surface area contributed by atoms with Gasteiger partial charge < -0.3 is 19.3 Å². The molecule has 0 unspecified atom stereocenters. The molecule has 2 aromatic carbocycles. The second kappa shape index (κ2) is 9.89. The van der Waals surface area contributed by atoms with Crippen LogP contribution in [0.1, 0.15) is 15.9 Å². The van der Waals surface area contributed by atoms with Gasteiger partial charge in [-0.15, -0.1) is 0 Å². The van der Waals surface area contributed by atoms with Crippen molar-refractivity contribution in [1.82, 2.24) is 4.90 Å². The van der Waals surface area contributed by atoms with Gasteiger partial charge in [-0.25, -0.2) is 0 Å². The molecule has 0 N–H and O–H groups in total. The molecule has 1 fully saturated rings. The molecule has 0 bridgehead atoms. The summed E-state index contributed by atoms with van der Waals surface area (Å²) in [5.74, 6) is 0.352. The normalized spacial score (nSPS) is 14.1. The van der Waals surface area contributed by atoms with Crippen LogP contribution in [-0.4, -0.2) is 63.6 Å². The third-order valence-electron chi connectivity index (χ3n) is 4.70. The zero-order valence-corrected chi connectivity index (χ0v) is 16.8. The molecule has 1 amide bonds. The molecule has 0 spiro atoms. The highest BCUT2D eigenvalue weighted by atomic mass is 16.5. The van der Waals surface area contributed by atoms with Gasteiger partial charge in [0.15, 0.2) is 12.4 Å². The van der Waals surface area contributed by atoms with Gasteiger partial charge in [0, 0.05) is 38.4 Å². The molecule has 6 nitrogen and oxygen atoms in total. The Hall–Kier alpha value is -3.12. The third-order valence-corrected chi connectivity index (χ3v) is 4.70. The van der Waals surface area contributed by atoms with Crippen molar-refractivity contribution in [2.24, 2.45) is 0 Å². The Kier molecular flexibility index (Phi) is 7.03. The zero-order valence-electron chi connectivity index (χ0n) is 16.8. The van der Waals surface area contributed by atoms with Crippen LogP contribution in [-0.2, 0) is 9.53 Å². The van der Waals surface area contributed by atoms with E-state index in [1.54, 1.807) is 44.4 Å². The summed E-state index contributed by atoms with van der Waals surface area (Å²) >= 11 is 0. The number of carbonyl (C=O) groups is 2. The maximum Gasteiger partial charge on any atom is 0.259 e. The lowest BCUT2D eigenvalue weighted by Crippen LogP contribution is -2.36. The fourth-order valence-electron chi connectivity index (χ4n) is 2.88. The second-order valence-electron chi connectivity index (χ2n) is 6.99. The molecule has 0 saturated carbocycles. The van der Waals surface area contributed by atoms with E-state index in [0.717, 1.165) is 31.9 Å². The predicted octanol–water partition coefficient (Wildman–Crippen LogP) is 2.89. The first-order valence-corrected chi connectivity index (χ1v) is 9.61. The number of likely N-dealkylation sites (N-methyl/N-ethyl adjacent to an activating group) is 1. The molecule has 0 radical (unpaired) electrons. The van der Waals surface area contributed by atoms with E-state index in [0.29, 0.717) is 11.3 Å². The number of hydrogen-bond acceptors (Lipinski definition) is 5. The number of allylic oxidation sites excluding steroid dienone is 1. The molecular weight excluding hydrogens is 368 g/mol. The number of amides is 1. The van der Waals surface area contributed by atoms with Crippen molar-refractivity contribution in [2.45, 2.75) is 0 Å². The van der Waals surface area contributed by atoms with Crippen LogP contribution in [0.25, 0.3) is 6.08 Å². The highest BCUT2D eigenvalue weighted by Gasteiger charge is 2.10. The van der Waals surface area contributed by atoms with Gasteiger partial charge in [-0.1, -0.05) is 18.2 Å². The SMILES string of the molecule is CN(C)C(=O)COc1ccc(C(=O)C=Cc2ccc(N3CCOCC3)cc2)cc1. The number of morpholine rings is 1. The van der Waals surface area contributed by atoms with Crippen LogP contribution in [0, 0.1) is 0 Å². The van der Waals surface area contributed by atoms with E-state index in [1.165, 1.54) is 10.6 Å². The molecular formula is C23H26N2O4. The smallest absolute Gasteiger partial charge is 0.259 e. The van der Waals surface area contributed by atoms with Gasteiger partial charge in [0.1, 0.15) is 5.75 Å². The van der Waals surface area contributed by atoms with Gasteiger partial charge >= 0.3 is 0 Å². The van der Waals surface area contributed by atoms with Crippen molar-refractivity contribution in [1.29, 1.82) is 0 Å². The minimum Gasteiger partial charge on any atom is -0.484 e. The number of nitrogens with zero attached hydrogens (tertiary/aromatic N) is 2. The summed E-state index contributed by atoms with van der Waals surface area (Å²) in [5, 5.41) is 0. The Bertz CT molecular complexity index is 851. The first kappa shape index (κ1) is 20.6. The number of carbonyl (C=O) groups excluding carboxylic acids is 2. The molecule has 6 heteroatoms. The Morgan fingerprint density at radius 1 is 1.03 bits per heavy atom. The Morgan fingerprint density at radius 3 is 2.31 bits per heavy atom. The van der Waals surface area contributed by atoms with E-state index in [4.69, 9.17) is 9.47 Å². The van der Waals surface area contributed by atoms with E-state index < -0.39 is 0 Å². The van der Waals surface area contributed by atoms with Gasteiger partial charge in [-0.2, -0.15) is 0 Å². The van der Waals surface area contributed by atoms with Crippen molar-refractivity contribution in [3.05, 3.63) is 65.7 Å². The Balaban J connectivity index is 1.55. The van der Waals surface area contributed by atoms with Gasteiger partial charge in [-0.05, 0) is 48.0 Å². The lowest BCUT2D eigenvalue weighted by atomic mass is 10.1. The van der Waals surface area contributed by atoms with Crippen molar-refractivity contribution < 1.29 is 19.1 Å². The molecule has 0 aromatic heterocycles. The average Bonchev–Trinajstić information content (AvgIpc) is 2.77. The van der Waals surface area contributed by atoms with Gasteiger partial charge in [-0.3, -0.25) is 9.59 Å². The lowest BCUT2D eigenvalue weighted by Gasteiger charge is -2.28. The van der Waals surface area contributed by atoms with Crippen LogP contribution in [0.2, 0.25) is 0 Å². The summed E-state index contributed by atoms with van der Waals surface area (Å²) in [5.41, 5.74) is 2.70. The fourth-order valence-corrected chi connectivity index (χ4v) is 2.88. The average molecular weight is 394 g/mol. The van der Waals surface area contributed by atoms with E-state index in [-0.39, 0.29) is 18.3 Å². The third kappa shape index (κ3) is 5.93. The first-order valence-electron chi connectivity index (χ1n) is 9.61. The van der Waals surface area contributed by atoms with E-state index >= 15 is 0 Å². The maximum atomic E-state index is 12.4. The number of anilines is 1. The highest BCUT2D eigenvalue weighted by Crippen LogP contribution is 2.18. The van der Waals surface area contributed by atoms with Crippen molar-refractivity contribution in [3.8, 4) is 5.75 Å².